The minimum atomic E-state index is -0.244. The molecule has 0 aliphatic heterocycles. The van der Waals surface area contributed by atoms with Crippen molar-refractivity contribution >= 4 is 44.9 Å². The summed E-state index contributed by atoms with van der Waals surface area (Å²) in [5, 5.41) is 11.1. The van der Waals surface area contributed by atoms with Crippen LogP contribution in [0.15, 0.2) is 91.5 Å². The van der Waals surface area contributed by atoms with Crippen LogP contribution >= 0.6 is 11.3 Å². The Hall–Kier alpha value is -5.22. The lowest BCUT2D eigenvalue weighted by Crippen LogP contribution is -2.11. The van der Waals surface area contributed by atoms with Gasteiger partial charge in [0, 0.05) is 39.3 Å². The van der Waals surface area contributed by atoms with E-state index in [1.54, 1.807) is 43.0 Å². The number of nitrogens with one attached hydrogen (secondary N) is 3. The van der Waals surface area contributed by atoms with Crippen LogP contribution in [0.1, 0.15) is 10.4 Å². The molecule has 0 saturated carbocycles. The molecule has 0 spiro atoms. The minimum Gasteiger partial charge on any atom is -0.352 e. The molecule has 6 aromatic heterocycles. The molecule has 1 amide bonds. The second kappa shape index (κ2) is 9.26. The molecule has 0 bridgehead atoms. The molecule has 1 aromatic carbocycles. The van der Waals surface area contributed by atoms with E-state index in [1.165, 1.54) is 6.07 Å². The van der Waals surface area contributed by atoms with Gasteiger partial charge in [0.25, 0.3) is 5.91 Å². The smallest absolute Gasteiger partial charge is 0.255 e. The van der Waals surface area contributed by atoms with Gasteiger partial charge < -0.3 is 10.3 Å². The fourth-order valence-corrected chi connectivity index (χ4v) is 5.28. The summed E-state index contributed by atoms with van der Waals surface area (Å²) in [5.41, 5.74) is 7.07. The molecule has 7 aromatic rings. The summed E-state index contributed by atoms with van der Waals surface area (Å²) >= 11 is 1.08. The van der Waals surface area contributed by atoms with Crippen LogP contribution in [0.3, 0.4) is 0 Å². The van der Waals surface area contributed by atoms with Crippen molar-refractivity contribution in [1.29, 1.82) is 0 Å². The van der Waals surface area contributed by atoms with Gasteiger partial charge in [0.2, 0.25) is 0 Å². The van der Waals surface area contributed by atoms with Crippen LogP contribution in [0.5, 0.6) is 0 Å². The molecule has 0 aliphatic rings. The van der Waals surface area contributed by atoms with Crippen molar-refractivity contribution in [2.75, 3.05) is 5.32 Å². The van der Waals surface area contributed by atoms with Crippen LogP contribution in [0, 0.1) is 5.13 Å². The number of thiophene rings is 1. The number of halogens is 1. The van der Waals surface area contributed by atoms with Crippen LogP contribution < -0.4 is 5.32 Å². The number of nitrogens with zero attached hydrogens (tertiary/aromatic N) is 4. The molecule has 0 radical (unpaired) electrons. The number of aromatic nitrogens is 6. The first-order chi connectivity index (χ1) is 19.1. The first kappa shape index (κ1) is 22.9. The second-order valence-corrected chi connectivity index (χ2v) is 9.92. The van der Waals surface area contributed by atoms with Gasteiger partial charge in [-0.2, -0.15) is 9.49 Å². The number of carbonyl (C=O) groups is 1. The van der Waals surface area contributed by atoms with Gasteiger partial charge in [0.05, 0.1) is 40.5 Å². The fourth-order valence-electron chi connectivity index (χ4n) is 4.52. The average molecular weight is 532 g/mol. The maximum absolute atomic E-state index is 13.7. The van der Waals surface area contributed by atoms with Gasteiger partial charge in [0.15, 0.2) is 5.13 Å². The normalized spacial score (nSPS) is 11.3. The molecule has 8 nitrogen and oxygen atoms in total. The summed E-state index contributed by atoms with van der Waals surface area (Å²) in [6.45, 7) is 0. The van der Waals surface area contributed by atoms with E-state index in [0.29, 0.717) is 28.2 Å². The Morgan fingerprint density at radius 1 is 0.897 bits per heavy atom. The van der Waals surface area contributed by atoms with Crippen molar-refractivity contribution in [2.24, 2.45) is 0 Å². The molecule has 7 rings (SSSR count). The molecular weight excluding hydrogens is 513 g/mol. The van der Waals surface area contributed by atoms with Crippen molar-refractivity contribution in [3.8, 4) is 33.1 Å². The molecule has 3 N–H and O–H groups in total. The number of hydrogen-bond donors (Lipinski definition) is 3. The molecule has 188 valence electrons. The summed E-state index contributed by atoms with van der Waals surface area (Å²) in [5.74, 6) is -0.215. The third kappa shape index (κ3) is 4.22. The summed E-state index contributed by atoms with van der Waals surface area (Å²) in [4.78, 5) is 30.3. The van der Waals surface area contributed by atoms with Crippen molar-refractivity contribution < 1.29 is 9.18 Å². The first-order valence-electron chi connectivity index (χ1n) is 12.0. The third-order valence-electron chi connectivity index (χ3n) is 6.37. The zero-order chi connectivity index (χ0) is 26.3. The van der Waals surface area contributed by atoms with Gasteiger partial charge >= 0.3 is 0 Å². The van der Waals surface area contributed by atoms with Gasteiger partial charge in [-0.25, -0.2) is 4.98 Å². The van der Waals surface area contributed by atoms with Gasteiger partial charge in [-0.05, 0) is 48.5 Å². The number of hydrogen-bond acceptors (Lipinski definition) is 6. The average Bonchev–Trinajstić information content (AvgIpc) is 3.71. The molecule has 6 heterocycles. The van der Waals surface area contributed by atoms with Crippen LogP contribution in [0.4, 0.5) is 10.1 Å². The number of rotatable bonds is 5. The zero-order valence-corrected chi connectivity index (χ0v) is 21.0. The molecule has 39 heavy (non-hydrogen) atoms. The topological polar surface area (TPSA) is 112 Å². The zero-order valence-electron chi connectivity index (χ0n) is 20.1. The Balaban J connectivity index is 1.25. The fraction of sp³-hybridized carbons (Fsp3) is 0. The predicted octanol–water partition coefficient (Wildman–Crippen LogP) is 6.68. The summed E-state index contributed by atoms with van der Waals surface area (Å²) < 4.78 is 13.7. The van der Waals surface area contributed by atoms with Crippen LogP contribution in [0.2, 0.25) is 0 Å². The molecule has 10 heteroatoms. The Morgan fingerprint density at radius 2 is 1.77 bits per heavy atom. The SMILES string of the molecule is O=C(Nc1cncc(-c2ccc3[nH]nc(-c4cc5c(-c6ccc(F)s6)cncc5[nH]4)c3n2)c1)c1ccccc1. The largest absolute Gasteiger partial charge is 0.352 e. The highest BCUT2D eigenvalue weighted by Crippen LogP contribution is 2.36. The lowest BCUT2D eigenvalue weighted by molar-refractivity contribution is 0.102. The van der Waals surface area contributed by atoms with Crippen molar-refractivity contribution in [3.05, 3.63) is 102 Å². The number of carbonyl (C=O) groups excluding carboxylic acids is 1. The van der Waals surface area contributed by atoms with Crippen LogP contribution in [-0.4, -0.2) is 36.0 Å². The van der Waals surface area contributed by atoms with Crippen LogP contribution in [0.25, 0.3) is 55.0 Å². The van der Waals surface area contributed by atoms with E-state index in [0.717, 1.165) is 49.5 Å². The molecule has 0 fully saturated rings. The second-order valence-electron chi connectivity index (χ2n) is 8.88. The third-order valence-corrected chi connectivity index (χ3v) is 7.28. The van der Waals surface area contributed by atoms with Crippen molar-refractivity contribution in [2.45, 2.75) is 0 Å². The Kier molecular flexibility index (Phi) is 5.45. The summed E-state index contributed by atoms with van der Waals surface area (Å²) in [6, 6.07) is 19.8. The van der Waals surface area contributed by atoms with Gasteiger partial charge in [-0.15, -0.1) is 11.3 Å². The predicted molar refractivity (Wildman–Crippen MR) is 150 cm³/mol. The molecular formula is C29H18FN7OS. The molecule has 0 atom stereocenters. The lowest BCUT2D eigenvalue weighted by Gasteiger charge is -2.07. The number of aromatic amines is 2. The maximum atomic E-state index is 13.7. The Labute approximate surface area is 224 Å². The number of benzene rings is 1. The van der Waals surface area contributed by atoms with E-state index < -0.39 is 0 Å². The first-order valence-corrected chi connectivity index (χ1v) is 12.8. The minimum absolute atomic E-state index is 0.215. The van der Waals surface area contributed by atoms with E-state index in [1.807, 2.05) is 42.5 Å². The summed E-state index contributed by atoms with van der Waals surface area (Å²) in [6.07, 6.45) is 6.77. The number of anilines is 1. The highest BCUT2D eigenvalue weighted by Gasteiger charge is 2.17. The number of H-pyrrole nitrogens is 2. The van der Waals surface area contributed by atoms with E-state index in [9.17, 15) is 9.18 Å². The number of pyridine rings is 3. The Morgan fingerprint density at radius 3 is 2.62 bits per heavy atom. The highest BCUT2D eigenvalue weighted by molar-refractivity contribution is 7.14. The summed E-state index contributed by atoms with van der Waals surface area (Å²) in [7, 11) is 0. The number of amides is 1. The molecule has 0 saturated heterocycles. The van der Waals surface area contributed by atoms with Gasteiger partial charge in [-0.3, -0.25) is 19.9 Å². The van der Waals surface area contributed by atoms with Crippen molar-refractivity contribution in [3.63, 3.8) is 0 Å². The molecule has 0 unspecified atom stereocenters. The van der Waals surface area contributed by atoms with E-state index in [-0.39, 0.29) is 11.0 Å². The lowest BCUT2D eigenvalue weighted by atomic mass is 10.1. The van der Waals surface area contributed by atoms with Gasteiger partial charge in [-0.1, -0.05) is 18.2 Å². The van der Waals surface area contributed by atoms with Crippen LogP contribution in [-0.2, 0) is 0 Å². The van der Waals surface area contributed by atoms with E-state index in [4.69, 9.17) is 4.98 Å². The molecule has 0 aliphatic carbocycles. The monoisotopic (exact) mass is 531 g/mol. The Bertz CT molecular complexity index is 1990. The maximum Gasteiger partial charge on any atom is 0.255 e. The van der Waals surface area contributed by atoms with Gasteiger partial charge in [0.1, 0.15) is 11.2 Å². The standard InChI is InChI=1S/C29H18FN7OS/c30-26-9-8-25(39-26)20-14-32-15-24-19(20)11-23(34-24)28-27-22(36-37-28)7-6-21(35-27)17-10-18(13-31-12-17)33-29(38)16-4-2-1-3-5-16/h1-15,34H,(H,33,38)(H,36,37). The van der Waals surface area contributed by atoms with E-state index in [2.05, 4.69) is 30.5 Å². The van der Waals surface area contributed by atoms with E-state index >= 15 is 0 Å². The van der Waals surface area contributed by atoms with Crippen molar-refractivity contribution in [1.82, 2.24) is 30.1 Å². The quantitative estimate of drug-likeness (QED) is 0.229. The highest BCUT2D eigenvalue weighted by atomic mass is 32.1. The number of fused-ring (bicyclic) bond motifs is 2.